The summed E-state index contributed by atoms with van der Waals surface area (Å²) in [5.74, 6) is 0.502. The van der Waals surface area contributed by atoms with Crippen molar-refractivity contribution in [2.75, 3.05) is 13.1 Å². The summed E-state index contributed by atoms with van der Waals surface area (Å²) in [5, 5.41) is 9.40. The van der Waals surface area contributed by atoms with Crippen LogP contribution >= 0.6 is 0 Å². The Kier molecular flexibility index (Phi) is 5.09. The predicted octanol–water partition coefficient (Wildman–Crippen LogP) is 1.80. The summed E-state index contributed by atoms with van der Waals surface area (Å²) in [5.41, 5.74) is 0. The lowest BCUT2D eigenvalue weighted by molar-refractivity contribution is -0.137. The molecule has 1 rings (SSSR count). The van der Waals surface area contributed by atoms with E-state index in [4.69, 9.17) is 0 Å². The van der Waals surface area contributed by atoms with Crippen LogP contribution in [0, 0.1) is 5.92 Å². The minimum atomic E-state index is -0.192. The first kappa shape index (κ1) is 12.5. The van der Waals surface area contributed by atoms with Crippen LogP contribution in [0.1, 0.15) is 46.0 Å². The molecule has 88 valence electrons. The van der Waals surface area contributed by atoms with Crippen molar-refractivity contribution >= 4 is 5.91 Å². The largest absolute Gasteiger partial charge is 0.393 e. The van der Waals surface area contributed by atoms with Gasteiger partial charge in [-0.15, -0.1) is 0 Å². The Morgan fingerprint density at radius 2 is 2.33 bits per heavy atom. The van der Waals surface area contributed by atoms with Gasteiger partial charge >= 0.3 is 0 Å². The Morgan fingerprint density at radius 1 is 1.60 bits per heavy atom. The van der Waals surface area contributed by atoms with E-state index in [0.29, 0.717) is 5.91 Å². The second-order valence-corrected chi connectivity index (χ2v) is 4.57. The van der Waals surface area contributed by atoms with Gasteiger partial charge in [-0.2, -0.15) is 0 Å². The van der Waals surface area contributed by atoms with Crippen LogP contribution in [-0.4, -0.2) is 35.1 Å². The number of piperidine rings is 1. The summed E-state index contributed by atoms with van der Waals surface area (Å²) in [6.07, 6.45) is 4.52. The zero-order valence-corrected chi connectivity index (χ0v) is 9.91. The molecule has 1 N–H and O–H groups in total. The lowest BCUT2D eigenvalue weighted by Crippen LogP contribution is -2.40. The van der Waals surface area contributed by atoms with Crippen LogP contribution in [-0.2, 0) is 4.79 Å². The van der Waals surface area contributed by atoms with E-state index in [0.717, 1.165) is 45.2 Å². The summed E-state index contributed by atoms with van der Waals surface area (Å²) in [6, 6.07) is 0. The standard InChI is InChI=1S/C12H23NO2/c1-3-11(14)7-5-9-13-8-4-6-10(2)12(13)15/h10-11,14H,3-9H2,1-2H3. The Balaban J connectivity index is 2.23. The Bertz CT molecular complexity index is 206. The van der Waals surface area contributed by atoms with E-state index in [9.17, 15) is 9.90 Å². The number of aliphatic hydroxyl groups excluding tert-OH is 1. The fourth-order valence-corrected chi connectivity index (χ4v) is 2.08. The number of likely N-dealkylation sites (tertiary alicyclic amines) is 1. The van der Waals surface area contributed by atoms with Gasteiger partial charge in [0.2, 0.25) is 5.91 Å². The van der Waals surface area contributed by atoms with Crippen LogP contribution in [0.3, 0.4) is 0 Å². The summed E-state index contributed by atoms with van der Waals surface area (Å²) in [4.78, 5) is 13.7. The monoisotopic (exact) mass is 213 g/mol. The van der Waals surface area contributed by atoms with Gasteiger partial charge in [0.15, 0.2) is 0 Å². The molecule has 0 bridgehead atoms. The fraction of sp³-hybridized carbons (Fsp3) is 0.917. The average Bonchev–Trinajstić information content (AvgIpc) is 2.24. The molecule has 3 heteroatoms. The molecular formula is C12H23NO2. The fourth-order valence-electron chi connectivity index (χ4n) is 2.08. The average molecular weight is 213 g/mol. The SMILES string of the molecule is CCC(O)CCCN1CCCC(C)C1=O. The third-order valence-corrected chi connectivity index (χ3v) is 3.24. The maximum absolute atomic E-state index is 11.7. The second kappa shape index (κ2) is 6.11. The quantitative estimate of drug-likeness (QED) is 0.756. The molecule has 2 unspecified atom stereocenters. The van der Waals surface area contributed by atoms with Crippen LogP contribution < -0.4 is 0 Å². The third-order valence-electron chi connectivity index (χ3n) is 3.24. The number of carbonyl (C=O) groups excluding carboxylic acids is 1. The number of amides is 1. The highest BCUT2D eigenvalue weighted by Gasteiger charge is 2.24. The van der Waals surface area contributed by atoms with Crippen molar-refractivity contribution in [3.05, 3.63) is 0 Å². The van der Waals surface area contributed by atoms with Gasteiger partial charge in [0.05, 0.1) is 6.10 Å². The van der Waals surface area contributed by atoms with Crippen molar-refractivity contribution in [1.29, 1.82) is 0 Å². The highest BCUT2D eigenvalue weighted by molar-refractivity contribution is 5.79. The van der Waals surface area contributed by atoms with Crippen molar-refractivity contribution in [3.63, 3.8) is 0 Å². The predicted molar refractivity (Wildman–Crippen MR) is 60.5 cm³/mol. The van der Waals surface area contributed by atoms with Crippen molar-refractivity contribution in [2.45, 2.75) is 52.1 Å². The lowest BCUT2D eigenvalue weighted by Gasteiger charge is -2.30. The van der Waals surface area contributed by atoms with Crippen LogP contribution in [0.2, 0.25) is 0 Å². The number of nitrogens with zero attached hydrogens (tertiary/aromatic N) is 1. The van der Waals surface area contributed by atoms with E-state index in [1.165, 1.54) is 0 Å². The van der Waals surface area contributed by atoms with Gasteiger partial charge in [-0.3, -0.25) is 4.79 Å². The van der Waals surface area contributed by atoms with Crippen LogP contribution in [0.15, 0.2) is 0 Å². The molecule has 15 heavy (non-hydrogen) atoms. The molecule has 0 aromatic heterocycles. The highest BCUT2D eigenvalue weighted by Crippen LogP contribution is 2.17. The first-order valence-electron chi connectivity index (χ1n) is 6.12. The molecule has 1 aliphatic heterocycles. The van der Waals surface area contributed by atoms with Crippen molar-refractivity contribution in [3.8, 4) is 0 Å². The van der Waals surface area contributed by atoms with Gasteiger partial charge in [0.1, 0.15) is 0 Å². The number of rotatable bonds is 5. The molecule has 3 nitrogen and oxygen atoms in total. The van der Waals surface area contributed by atoms with Gasteiger partial charge in [0.25, 0.3) is 0 Å². The van der Waals surface area contributed by atoms with Crippen LogP contribution in [0.5, 0.6) is 0 Å². The van der Waals surface area contributed by atoms with E-state index in [2.05, 4.69) is 0 Å². The molecule has 0 aromatic carbocycles. The van der Waals surface area contributed by atoms with Crippen molar-refractivity contribution in [1.82, 2.24) is 4.90 Å². The molecule has 0 radical (unpaired) electrons. The van der Waals surface area contributed by atoms with E-state index >= 15 is 0 Å². The summed E-state index contributed by atoms with van der Waals surface area (Å²) < 4.78 is 0. The van der Waals surface area contributed by atoms with Gasteiger partial charge < -0.3 is 10.0 Å². The highest BCUT2D eigenvalue weighted by atomic mass is 16.3. The molecule has 0 aromatic rings. The van der Waals surface area contributed by atoms with E-state index in [-0.39, 0.29) is 12.0 Å². The van der Waals surface area contributed by atoms with Crippen LogP contribution in [0.25, 0.3) is 0 Å². The Hall–Kier alpha value is -0.570. The molecule has 1 fully saturated rings. The molecule has 0 saturated carbocycles. The van der Waals surface area contributed by atoms with E-state index < -0.39 is 0 Å². The molecule has 1 heterocycles. The van der Waals surface area contributed by atoms with Crippen LogP contribution in [0.4, 0.5) is 0 Å². The second-order valence-electron chi connectivity index (χ2n) is 4.57. The zero-order chi connectivity index (χ0) is 11.3. The molecule has 0 spiro atoms. The lowest BCUT2D eigenvalue weighted by atomic mass is 9.99. The number of carbonyl (C=O) groups is 1. The number of hydrogen-bond donors (Lipinski definition) is 1. The van der Waals surface area contributed by atoms with Gasteiger partial charge in [0, 0.05) is 19.0 Å². The minimum Gasteiger partial charge on any atom is -0.393 e. The van der Waals surface area contributed by atoms with E-state index in [1.807, 2.05) is 18.7 Å². The molecule has 0 aliphatic carbocycles. The number of aliphatic hydroxyl groups is 1. The molecule has 2 atom stereocenters. The summed E-state index contributed by atoms with van der Waals surface area (Å²) in [7, 11) is 0. The Labute approximate surface area is 92.5 Å². The summed E-state index contributed by atoms with van der Waals surface area (Å²) in [6.45, 7) is 5.72. The van der Waals surface area contributed by atoms with Gasteiger partial charge in [-0.1, -0.05) is 13.8 Å². The first-order chi connectivity index (χ1) is 7.15. The molecular weight excluding hydrogens is 190 g/mol. The van der Waals surface area contributed by atoms with Gasteiger partial charge in [-0.05, 0) is 32.1 Å². The first-order valence-corrected chi connectivity index (χ1v) is 6.12. The Morgan fingerprint density at radius 3 is 3.00 bits per heavy atom. The third kappa shape index (κ3) is 3.82. The van der Waals surface area contributed by atoms with Crippen molar-refractivity contribution in [2.24, 2.45) is 5.92 Å². The van der Waals surface area contributed by atoms with E-state index in [1.54, 1.807) is 0 Å². The summed E-state index contributed by atoms with van der Waals surface area (Å²) >= 11 is 0. The van der Waals surface area contributed by atoms with Crippen molar-refractivity contribution < 1.29 is 9.90 Å². The minimum absolute atomic E-state index is 0.192. The molecule has 1 saturated heterocycles. The molecule has 1 amide bonds. The molecule has 1 aliphatic rings. The topological polar surface area (TPSA) is 40.5 Å². The van der Waals surface area contributed by atoms with Gasteiger partial charge in [-0.25, -0.2) is 0 Å². The maximum atomic E-state index is 11.7. The normalized spacial score (nSPS) is 24.3. The maximum Gasteiger partial charge on any atom is 0.225 e. The zero-order valence-electron chi connectivity index (χ0n) is 9.91. The smallest absolute Gasteiger partial charge is 0.225 e. The number of hydrogen-bond acceptors (Lipinski definition) is 2.